The Kier molecular flexibility index (Phi) is 4.37. The van der Waals surface area contributed by atoms with Crippen LogP contribution in [0.3, 0.4) is 0 Å². The molecule has 4 heteroatoms. The molecule has 21 heavy (non-hydrogen) atoms. The van der Waals surface area contributed by atoms with E-state index in [1.54, 1.807) is 0 Å². The number of aliphatic hydroxyl groups is 1. The molecule has 0 radical (unpaired) electrons. The van der Waals surface area contributed by atoms with Crippen molar-refractivity contribution in [2.45, 2.75) is 70.4 Å². The highest BCUT2D eigenvalue weighted by atomic mass is 32.2. The SMILES string of the molecule is CC1(C)CSCC(O)(Cc2ccn(C3CCCCC3)n2)C1. The van der Waals surface area contributed by atoms with Gasteiger partial charge in [-0.2, -0.15) is 16.9 Å². The molecule has 2 aliphatic rings. The summed E-state index contributed by atoms with van der Waals surface area (Å²) in [4.78, 5) is 0. The third kappa shape index (κ3) is 3.84. The maximum Gasteiger partial charge on any atom is 0.0799 e. The number of thioether (sulfide) groups is 1. The molecule has 1 N–H and O–H groups in total. The number of hydrogen-bond donors (Lipinski definition) is 1. The van der Waals surface area contributed by atoms with Crippen LogP contribution in [0.5, 0.6) is 0 Å². The van der Waals surface area contributed by atoms with Crippen molar-refractivity contribution < 1.29 is 5.11 Å². The largest absolute Gasteiger partial charge is 0.389 e. The summed E-state index contributed by atoms with van der Waals surface area (Å²) >= 11 is 1.88. The van der Waals surface area contributed by atoms with E-state index in [1.165, 1.54) is 32.1 Å². The summed E-state index contributed by atoms with van der Waals surface area (Å²) in [5.41, 5.74) is 0.697. The standard InChI is InChI=1S/C17H28N2OS/c1-16(2)11-17(20,13-21-12-16)10-14-8-9-19(18-14)15-6-4-3-5-7-15/h8-9,15,20H,3-7,10-13H2,1-2H3. The van der Waals surface area contributed by atoms with E-state index in [9.17, 15) is 5.11 Å². The molecule has 2 fully saturated rings. The Morgan fingerprint density at radius 1 is 1.29 bits per heavy atom. The van der Waals surface area contributed by atoms with Crippen LogP contribution in [0.25, 0.3) is 0 Å². The van der Waals surface area contributed by atoms with Gasteiger partial charge in [-0.15, -0.1) is 0 Å². The van der Waals surface area contributed by atoms with Gasteiger partial charge in [0.25, 0.3) is 0 Å². The van der Waals surface area contributed by atoms with Crippen molar-refractivity contribution in [1.82, 2.24) is 9.78 Å². The number of rotatable bonds is 3. The third-order valence-electron chi connectivity index (χ3n) is 4.79. The maximum absolute atomic E-state index is 10.9. The van der Waals surface area contributed by atoms with Gasteiger partial charge in [0.15, 0.2) is 0 Å². The number of nitrogens with zero attached hydrogens (tertiary/aromatic N) is 2. The van der Waals surface area contributed by atoms with Crippen LogP contribution in [0.15, 0.2) is 12.3 Å². The molecule has 0 amide bonds. The van der Waals surface area contributed by atoms with E-state index in [2.05, 4.69) is 30.8 Å². The first-order valence-electron chi connectivity index (χ1n) is 8.30. The van der Waals surface area contributed by atoms with Crippen molar-refractivity contribution >= 4 is 11.8 Å². The normalized spacial score (nSPS) is 30.4. The lowest BCUT2D eigenvalue weighted by Gasteiger charge is -2.40. The predicted octanol–water partition coefficient (Wildman–Crippen LogP) is 3.83. The molecule has 1 saturated carbocycles. The van der Waals surface area contributed by atoms with Gasteiger partial charge < -0.3 is 5.11 Å². The molecule has 0 bridgehead atoms. The van der Waals surface area contributed by atoms with E-state index in [4.69, 9.17) is 5.10 Å². The van der Waals surface area contributed by atoms with Gasteiger partial charge in [-0.1, -0.05) is 33.1 Å². The minimum atomic E-state index is -0.585. The fourth-order valence-electron chi connectivity index (χ4n) is 3.98. The highest BCUT2D eigenvalue weighted by Gasteiger charge is 2.39. The van der Waals surface area contributed by atoms with E-state index < -0.39 is 5.60 Å². The zero-order valence-electron chi connectivity index (χ0n) is 13.3. The Balaban J connectivity index is 1.66. The first-order valence-corrected chi connectivity index (χ1v) is 9.46. The second-order valence-corrected chi connectivity index (χ2v) is 8.80. The molecule has 2 heterocycles. The van der Waals surface area contributed by atoms with Crippen LogP contribution >= 0.6 is 11.8 Å². The second kappa shape index (κ2) is 5.96. The Hall–Kier alpha value is -0.480. The fourth-order valence-corrected chi connectivity index (χ4v) is 5.32. The highest BCUT2D eigenvalue weighted by molar-refractivity contribution is 7.99. The first-order chi connectivity index (χ1) is 9.96. The number of hydrogen-bond acceptors (Lipinski definition) is 3. The Morgan fingerprint density at radius 3 is 2.76 bits per heavy atom. The quantitative estimate of drug-likeness (QED) is 0.922. The molecule has 1 atom stereocenters. The summed E-state index contributed by atoms with van der Waals surface area (Å²) < 4.78 is 2.15. The molecule has 1 aliphatic heterocycles. The maximum atomic E-state index is 10.9. The van der Waals surface area contributed by atoms with Crippen molar-refractivity contribution in [2.24, 2.45) is 5.41 Å². The minimum absolute atomic E-state index is 0.226. The second-order valence-electron chi connectivity index (χ2n) is 7.81. The van der Waals surface area contributed by atoms with Gasteiger partial charge in [-0.3, -0.25) is 4.68 Å². The lowest BCUT2D eigenvalue weighted by Crippen LogP contribution is -2.44. The molecule has 1 saturated heterocycles. The lowest BCUT2D eigenvalue weighted by molar-refractivity contribution is 0.0190. The monoisotopic (exact) mass is 308 g/mol. The molecule has 1 aromatic heterocycles. The van der Waals surface area contributed by atoms with Gasteiger partial charge in [-0.05, 0) is 36.5 Å². The molecular formula is C17H28N2OS. The van der Waals surface area contributed by atoms with Crippen molar-refractivity contribution in [3.8, 4) is 0 Å². The zero-order valence-corrected chi connectivity index (χ0v) is 14.2. The van der Waals surface area contributed by atoms with Gasteiger partial charge in [0.1, 0.15) is 0 Å². The van der Waals surface area contributed by atoms with E-state index in [0.717, 1.165) is 23.6 Å². The molecule has 1 aliphatic carbocycles. The van der Waals surface area contributed by atoms with Crippen LogP contribution in [-0.4, -0.2) is 32.0 Å². The predicted molar refractivity (Wildman–Crippen MR) is 88.7 cm³/mol. The molecule has 3 nitrogen and oxygen atoms in total. The Bertz CT molecular complexity index is 479. The average molecular weight is 308 g/mol. The van der Waals surface area contributed by atoms with E-state index in [-0.39, 0.29) is 5.41 Å². The van der Waals surface area contributed by atoms with Crippen LogP contribution in [0.1, 0.15) is 64.1 Å². The summed E-state index contributed by atoms with van der Waals surface area (Å²) in [5.74, 6) is 1.98. The van der Waals surface area contributed by atoms with Gasteiger partial charge in [-0.25, -0.2) is 0 Å². The van der Waals surface area contributed by atoms with Gasteiger partial charge in [0, 0.05) is 18.4 Å². The summed E-state index contributed by atoms with van der Waals surface area (Å²) in [7, 11) is 0. The van der Waals surface area contributed by atoms with Gasteiger partial charge in [0.2, 0.25) is 0 Å². The summed E-state index contributed by atoms with van der Waals surface area (Å²) in [6, 6.07) is 2.69. The van der Waals surface area contributed by atoms with Gasteiger partial charge in [0.05, 0.1) is 17.3 Å². The molecule has 1 aromatic rings. The summed E-state index contributed by atoms with van der Waals surface area (Å²) in [6.45, 7) is 4.51. The smallest absolute Gasteiger partial charge is 0.0799 e. The molecule has 0 aromatic carbocycles. The fraction of sp³-hybridized carbons (Fsp3) is 0.824. The topological polar surface area (TPSA) is 38.0 Å². The lowest BCUT2D eigenvalue weighted by atomic mass is 9.80. The molecule has 1 unspecified atom stereocenters. The third-order valence-corrected chi connectivity index (χ3v) is 6.52. The zero-order chi connectivity index (χ0) is 14.9. The van der Waals surface area contributed by atoms with E-state index >= 15 is 0 Å². The van der Waals surface area contributed by atoms with Crippen molar-refractivity contribution in [3.63, 3.8) is 0 Å². The van der Waals surface area contributed by atoms with Crippen molar-refractivity contribution in [3.05, 3.63) is 18.0 Å². The van der Waals surface area contributed by atoms with Crippen LogP contribution in [0, 0.1) is 5.41 Å². The van der Waals surface area contributed by atoms with Crippen LogP contribution in [0.2, 0.25) is 0 Å². The molecule has 0 spiro atoms. The average Bonchev–Trinajstić information content (AvgIpc) is 2.86. The van der Waals surface area contributed by atoms with E-state index in [0.29, 0.717) is 12.5 Å². The Labute approximate surface area is 132 Å². The van der Waals surface area contributed by atoms with Crippen LogP contribution in [0.4, 0.5) is 0 Å². The Morgan fingerprint density at radius 2 is 2.05 bits per heavy atom. The van der Waals surface area contributed by atoms with Crippen molar-refractivity contribution in [1.29, 1.82) is 0 Å². The minimum Gasteiger partial charge on any atom is -0.389 e. The van der Waals surface area contributed by atoms with Crippen molar-refractivity contribution in [2.75, 3.05) is 11.5 Å². The summed E-state index contributed by atoms with van der Waals surface area (Å²) in [5, 5.41) is 15.7. The summed E-state index contributed by atoms with van der Waals surface area (Å²) in [6.07, 6.45) is 10.2. The number of aromatic nitrogens is 2. The molecule has 118 valence electrons. The highest BCUT2D eigenvalue weighted by Crippen LogP contribution is 2.40. The van der Waals surface area contributed by atoms with Crippen LogP contribution in [-0.2, 0) is 6.42 Å². The molecule has 3 rings (SSSR count). The van der Waals surface area contributed by atoms with E-state index in [1.807, 2.05) is 11.8 Å². The first kappa shape index (κ1) is 15.4. The molecular weight excluding hydrogens is 280 g/mol. The van der Waals surface area contributed by atoms with Crippen LogP contribution < -0.4 is 0 Å². The van der Waals surface area contributed by atoms with Gasteiger partial charge >= 0.3 is 0 Å².